The van der Waals surface area contributed by atoms with E-state index in [4.69, 9.17) is 16.6 Å². The predicted octanol–water partition coefficient (Wildman–Crippen LogP) is 4.29. The topological polar surface area (TPSA) is 63.9 Å². The van der Waals surface area contributed by atoms with Crippen molar-refractivity contribution < 1.29 is 9.18 Å². The van der Waals surface area contributed by atoms with Crippen LogP contribution in [-0.2, 0) is 6.54 Å². The van der Waals surface area contributed by atoms with Crippen molar-refractivity contribution in [2.24, 2.45) is 0 Å². The molecule has 2 aliphatic rings. The summed E-state index contributed by atoms with van der Waals surface area (Å²) in [5.74, 6) is 1.39. The van der Waals surface area contributed by atoms with Crippen molar-refractivity contribution in [3.63, 3.8) is 0 Å². The van der Waals surface area contributed by atoms with Crippen LogP contribution in [0.4, 0.5) is 4.39 Å². The van der Waals surface area contributed by atoms with E-state index in [2.05, 4.69) is 10.2 Å². The molecule has 144 valence electrons. The number of rotatable bonds is 3. The van der Waals surface area contributed by atoms with E-state index in [1.54, 1.807) is 4.90 Å². The zero-order valence-corrected chi connectivity index (χ0v) is 16.7. The number of hydrogen-bond acceptors (Lipinski definition) is 5. The summed E-state index contributed by atoms with van der Waals surface area (Å²) < 4.78 is 15.9. The van der Waals surface area contributed by atoms with Gasteiger partial charge in [0.05, 0.1) is 11.7 Å². The monoisotopic (exact) mass is 417 g/mol. The third kappa shape index (κ3) is 2.91. The summed E-state index contributed by atoms with van der Waals surface area (Å²) in [5.41, 5.74) is 1.43. The Kier molecular flexibility index (Phi) is 4.21. The molecule has 3 aromatic rings. The van der Waals surface area contributed by atoms with Crippen molar-refractivity contribution in [1.82, 2.24) is 24.6 Å². The molecule has 5 rings (SSSR count). The molecule has 3 heterocycles. The van der Waals surface area contributed by atoms with E-state index in [-0.39, 0.29) is 17.8 Å². The number of hydrogen-bond donors (Lipinski definition) is 0. The SMILES string of the molecule is CC1c2nnc(-c3nc(C4CC4)c(Cl)s3)n2CCN1C(=O)c1ccc(F)cc1. The summed E-state index contributed by atoms with van der Waals surface area (Å²) in [6.07, 6.45) is 2.27. The van der Waals surface area contributed by atoms with Crippen LogP contribution < -0.4 is 0 Å². The highest BCUT2D eigenvalue weighted by Crippen LogP contribution is 2.46. The molecule has 0 bridgehead atoms. The van der Waals surface area contributed by atoms with Gasteiger partial charge in [-0.1, -0.05) is 22.9 Å². The maximum atomic E-state index is 13.2. The van der Waals surface area contributed by atoms with Crippen molar-refractivity contribution in [1.29, 1.82) is 0 Å². The molecule has 1 aromatic carbocycles. The maximum absolute atomic E-state index is 13.2. The molecule has 0 spiro atoms. The summed E-state index contributed by atoms with van der Waals surface area (Å²) in [6, 6.07) is 5.36. The first kappa shape index (κ1) is 17.8. The summed E-state index contributed by atoms with van der Waals surface area (Å²) in [5, 5.41) is 9.46. The Balaban J connectivity index is 1.44. The predicted molar refractivity (Wildman–Crippen MR) is 104 cm³/mol. The molecular weight excluding hydrogens is 401 g/mol. The lowest BCUT2D eigenvalue weighted by molar-refractivity contribution is 0.0638. The van der Waals surface area contributed by atoms with E-state index in [9.17, 15) is 9.18 Å². The summed E-state index contributed by atoms with van der Waals surface area (Å²) in [7, 11) is 0. The van der Waals surface area contributed by atoms with Gasteiger partial charge >= 0.3 is 0 Å². The Morgan fingerprint density at radius 2 is 1.96 bits per heavy atom. The fraction of sp³-hybridized carbons (Fsp3) is 0.368. The van der Waals surface area contributed by atoms with Crippen LogP contribution in [0.15, 0.2) is 24.3 Å². The van der Waals surface area contributed by atoms with E-state index in [1.165, 1.54) is 35.6 Å². The van der Waals surface area contributed by atoms with Crippen LogP contribution in [0, 0.1) is 5.82 Å². The lowest BCUT2D eigenvalue weighted by atomic mass is 10.1. The molecule has 9 heteroatoms. The fourth-order valence-electron chi connectivity index (χ4n) is 3.60. The molecule has 1 amide bonds. The second-order valence-corrected chi connectivity index (χ2v) is 8.77. The number of amides is 1. The Labute approximate surface area is 170 Å². The van der Waals surface area contributed by atoms with Crippen LogP contribution in [0.5, 0.6) is 0 Å². The van der Waals surface area contributed by atoms with Gasteiger partial charge in [-0.05, 0) is 44.0 Å². The van der Waals surface area contributed by atoms with Crippen LogP contribution in [0.2, 0.25) is 4.34 Å². The smallest absolute Gasteiger partial charge is 0.254 e. The first-order valence-corrected chi connectivity index (χ1v) is 10.4. The quantitative estimate of drug-likeness (QED) is 0.637. The Bertz CT molecular complexity index is 1060. The van der Waals surface area contributed by atoms with E-state index >= 15 is 0 Å². The molecular formula is C19H17ClFN5OS. The van der Waals surface area contributed by atoms with Crippen molar-refractivity contribution in [2.45, 2.75) is 38.3 Å². The third-order valence-corrected chi connectivity index (χ3v) is 6.58. The van der Waals surface area contributed by atoms with Crippen LogP contribution in [0.1, 0.15) is 53.6 Å². The number of aromatic nitrogens is 4. The van der Waals surface area contributed by atoms with Gasteiger partial charge in [-0.25, -0.2) is 9.37 Å². The van der Waals surface area contributed by atoms with Gasteiger partial charge in [0.2, 0.25) is 0 Å². The summed E-state index contributed by atoms with van der Waals surface area (Å²) >= 11 is 7.81. The summed E-state index contributed by atoms with van der Waals surface area (Å²) in [4.78, 5) is 19.3. The molecule has 1 aliphatic carbocycles. The average molecular weight is 418 g/mol. The fourth-order valence-corrected chi connectivity index (χ4v) is 4.89. The number of thiazole rings is 1. The zero-order valence-electron chi connectivity index (χ0n) is 15.1. The minimum atomic E-state index is -0.361. The number of carbonyl (C=O) groups is 1. The third-order valence-electron chi connectivity index (χ3n) is 5.30. The lowest BCUT2D eigenvalue weighted by Crippen LogP contribution is -2.41. The highest BCUT2D eigenvalue weighted by molar-refractivity contribution is 7.19. The zero-order chi connectivity index (χ0) is 19.4. The largest absolute Gasteiger partial charge is 0.327 e. The molecule has 1 atom stereocenters. The number of fused-ring (bicyclic) bond motifs is 1. The average Bonchev–Trinajstić information content (AvgIpc) is 3.32. The van der Waals surface area contributed by atoms with Crippen molar-refractivity contribution >= 4 is 28.8 Å². The van der Waals surface area contributed by atoms with E-state index in [0.717, 1.165) is 33.7 Å². The molecule has 0 N–H and O–H groups in total. The first-order valence-electron chi connectivity index (χ1n) is 9.19. The van der Waals surface area contributed by atoms with E-state index < -0.39 is 0 Å². The van der Waals surface area contributed by atoms with Crippen molar-refractivity contribution in [3.05, 3.63) is 51.5 Å². The van der Waals surface area contributed by atoms with Gasteiger partial charge in [-0.3, -0.25) is 4.79 Å². The molecule has 1 unspecified atom stereocenters. The van der Waals surface area contributed by atoms with Crippen LogP contribution in [0.25, 0.3) is 10.8 Å². The molecule has 1 fully saturated rings. The molecule has 1 aliphatic heterocycles. The minimum Gasteiger partial charge on any atom is -0.327 e. The Morgan fingerprint density at radius 1 is 1.21 bits per heavy atom. The van der Waals surface area contributed by atoms with Gasteiger partial charge in [0.1, 0.15) is 10.2 Å². The molecule has 28 heavy (non-hydrogen) atoms. The van der Waals surface area contributed by atoms with Crippen molar-refractivity contribution in [2.75, 3.05) is 6.54 Å². The molecule has 6 nitrogen and oxygen atoms in total. The van der Waals surface area contributed by atoms with Gasteiger partial charge in [-0.2, -0.15) is 0 Å². The normalized spacial score (nSPS) is 19.0. The highest BCUT2D eigenvalue weighted by atomic mass is 35.5. The van der Waals surface area contributed by atoms with Crippen LogP contribution >= 0.6 is 22.9 Å². The molecule has 0 radical (unpaired) electrons. The molecule has 1 saturated carbocycles. The number of benzene rings is 1. The van der Waals surface area contributed by atoms with Gasteiger partial charge < -0.3 is 9.47 Å². The minimum absolute atomic E-state index is 0.142. The molecule has 0 saturated heterocycles. The van der Waals surface area contributed by atoms with E-state index in [0.29, 0.717) is 30.4 Å². The Hall–Kier alpha value is -2.32. The summed E-state index contributed by atoms with van der Waals surface area (Å²) in [6.45, 7) is 3.02. The maximum Gasteiger partial charge on any atom is 0.254 e. The van der Waals surface area contributed by atoms with Gasteiger partial charge in [0, 0.05) is 24.6 Å². The van der Waals surface area contributed by atoms with Crippen LogP contribution in [-0.4, -0.2) is 37.1 Å². The highest BCUT2D eigenvalue weighted by Gasteiger charge is 2.34. The number of carbonyl (C=O) groups excluding carboxylic acids is 1. The number of nitrogens with zero attached hydrogens (tertiary/aromatic N) is 5. The lowest BCUT2D eigenvalue weighted by Gasteiger charge is -2.33. The first-order chi connectivity index (χ1) is 13.5. The van der Waals surface area contributed by atoms with Crippen molar-refractivity contribution in [3.8, 4) is 10.8 Å². The van der Waals surface area contributed by atoms with Gasteiger partial charge in [0.15, 0.2) is 16.7 Å². The van der Waals surface area contributed by atoms with Gasteiger partial charge in [-0.15, -0.1) is 10.2 Å². The molecule has 2 aromatic heterocycles. The standard InChI is InChI=1S/C19H17ClFN5OS/c1-10-16-23-24-17(18-22-14(11-2-3-11)15(20)28-18)26(16)9-8-25(10)19(27)12-4-6-13(21)7-5-12/h4-7,10-11H,2-3,8-9H2,1H3. The van der Waals surface area contributed by atoms with Crippen LogP contribution in [0.3, 0.4) is 0 Å². The second-order valence-electron chi connectivity index (χ2n) is 7.17. The Morgan fingerprint density at radius 3 is 2.68 bits per heavy atom. The van der Waals surface area contributed by atoms with Gasteiger partial charge in [0.25, 0.3) is 5.91 Å². The van der Waals surface area contributed by atoms with E-state index in [1.807, 2.05) is 11.5 Å². The second kappa shape index (κ2) is 6.63. The number of halogens is 2.